The van der Waals surface area contributed by atoms with Gasteiger partial charge in [0.2, 0.25) is 5.91 Å². The molecule has 0 radical (unpaired) electrons. The second-order valence-electron chi connectivity index (χ2n) is 4.43. The lowest BCUT2D eigenvalue weighted by atomic mass is 10.2. The molecule has 1 amide bonds. The van der Waals surface area contributed by atoms with E-state index >= 15 is 0 Å². The normalized spacial score (nSPS) is 10.2. The van der Waals surface area contributed by atoms with Crippen molar-refractivity contribution < 1.29 is 14.3 Å². The molecule has 0 aliphatic rings. The van der Waals surface area contributed by atoms with Crippen LogP contribution >= 0.6 is 0 Å². The third kappa shape index (κ3) is 3.68. The van der Waals surface area contributed by atoms with Crippen LogP contribution in [0.4, 0.5) is 0 Å². The highest BCUT2D eigenvalue weighted by Crippen LogP contribution is 2.25. The molecule has 2 aromatic rings. The maximum atomic E-state index is 12.1. The molecule has 8 nitrogen and oxygen atoms in total. The first kappa shape index (κ1) is 14.8. The lowest BCUT2D eigenvalue weighted by Gasteiger charge is -2.19. The highest BCUT2D eigenvalue weighted by atomic mass is 16.5. The maximum absolute atomic E-state index is 12.1. The van der Waals surface area contributed by atoms with E-state index in [0.29, 0.717) is 18.0 Å². The summed E-state index contributed by atoms with van der Waals surface area (Å²) in [7, 11) is 4.90. The molecule has 0 N–H and O–H groups in total. The van der Waals surface area contributed by atoms with E-state index in [2.05, 4.69) is 15.5 Å². The van der Waals surface area contributed by atoms with Gasteiger partial charge in [0.1, 0.15) is 24.4 Å². The summed E-state index contributed by atoms with van der Waals surface area (Å²) in [6.07, 6.45) is 1.40. The molecule has 0 saturated heterocycles. The van der Waals surface area contributed by atoms with Crippen LogP contribution in [0.15, 0.2) is 24.5 Å². The number of carbonyl (C=O) groups is 1. The Morgan fingerprint density at radius 1 is 1.33 bits per heavy atom. The Morgan fingerprint density at radius 3 is 2.76 bits per heavy atom. The Bertz CT molecular complexity index is 600. The highest BCUT2D eigenvalue weighted by Gasteiger charge is 2.13. The first-order chi connectivity index (χ1) is 10.1. The van der Waals surface area contributed by atoms with E-state index in [0.717, 1.165) is 5.56 Å². The predicted molar refractivity (Wildman–Crippen MR) is 73.8 cm³/mol. The number of tetrazole rings is 1. The molecule has 1 aromatic carbocycles. The summed E-state index contributed by atoms with van der Waals surface area (Å²) in [5, 5.41) is 10.7. The zero-order chi connectivity index (χ0) is 15.2. The lowest BCUT2D eigenvalue weighted by Crippen LogP contribution is -2.30. The smallest absolute Gasteiger partial charge is 0.244 e. The number of nitrogens with zero attached hydrogens (tertiary/aromatic N) is 5. The van der Waals surface area contributed by atoms with Crippen LogP contribution in [0.5, 0.6) is 11.5 Å². The minimum absolute atomic E-state index is 0.0971. The molecule has 0 aliphatic carbocycles. The fraction of sp³-hybridized carbons (Fsp3) is 0.385. The number of likely N-dealkylation sites (N-methyl/N-ethyl adjacent to an activating group) is 1. The fourth-order valence-corrected chi connectivity index (χ4v) is 1.84. The summed E-state index contributed by atoms with van der Waals surface area (Å²) in [6.45, 7) is 0.524. The quantitative estimate of drug-likeness (QED) is 0.763. The average molecular weight is 291 g/mol. The van der Waals surface area contributed by atoms with Crippen molar-refractivity contribution in [2.75, 3.05) is 21.3 Å². The molecule has 0 fully saturated rings. The molecule has 0 unspecified atom stereocenters. The van der Waals surface area contributed by atoms with Gasteiger partial charge in [0, 0.05) is 25.2 Å². The van der Waals surface area contributed by atoms with E-state index in [1.807, 2.05) is 12.1 Å². The third-order valence-electron chi connectivity index (χ3n) is 3.02. The van der Waals surface area contributed by atoms with Crippen LogP contribution in [0, 0.1) is 0 Å². The summed E-state index contributed by atoms with van der Waals surface area (Å²) in [6, 6.07) is 5.49. The molecule has 1 heterocycles. The van der Waals surface area contributed by atoms with Crippen molar-refractivity contribution in [1.29, 1.82) is 0 Å². The first-order valence-corrected chi connectivity index (χ1v) is 6.29. The molecule has 8 heteroatoms. The molecule has 0 saturated carbocycles. The van der Waals surface area contributed by atoms with Gasteiger partial charge in [-0.05, 0) is 22.6 Å². The second-order valence-corrected chi connectivity index (χ2v) is 4.43. The van der Waals surface area contributed by atoms with Gasteiger partial charge >= 0.3 is 0 Å². The van der Waals surface area contributed by atoms with Gasteiger partial charge < -0.3 is 14.4 Å². The number of hydrogen-bond donors (Lipinski definition) is 0. The van der Waals surface area contributed by atoms with Gasteiger partial charge in [0.05, 0.1) is 14.2 Å². The van der Waals surface area contributed by atoms with Crippen LogP contribution in [-0.2, 0) is 17.9 Å². The van der Waals surface area contributed by atoms with Gasteiger partial charge in [-0.2, -0.15) is 0 Å². The van der Waals surface area contributed by atoms with Crippen molar-refractivity contribution in [1.82, 2.24) is 25.1 Å². The van der Waals surface area contributed by atoms with Gasteiger partial charge in [0.25, 0.3) is 0 Å². The number of benzene rings is 1. The fourth-order valence-electron chi connectivity index (χ4n) is 1.84. The van der Waals surface area contributed by atoms with E-state index in [9.17, 15) is 4.79 Å². The van der Waals surface area contributed by atoms with Crippen molar-refractivity contribution in [2.24, 2.45) is 0 Å². The van der Waals surface area contributed by atoms with Gasteiger partial charge in [-0.3, -0.25) is 4.79 Å². The van der Waals surface area contributed by atoms with Crippen LogP contribution in [0.2, 0.25) is 0 Å². The van der Waals surface area contributed by atoms with Crippen LogP contribution < -0.4 is 9.47 Å². The molecule has 0 bridgehead atoms. The molecule has 0 atom stereocenters. The van der Waals surface area contributed by atoms with Crippen molar-refractivity contribution >= 4 is 5.91 Å². The van der Waals surface area contributed by atoms with E-state index in [4.69, 9.17) is 9.47 Å². The number of aromatic nitrogens is 4. The number of ether oxygens (including phenoxy) is 2. The Morgan fingerprint density at radius 2 is 2.14 bits per heavy atom. The maximum Gasteiger partial charge on any atom is 0.244 e. The third-order valence-corrected chi connectivity index (χ3v) is 3.02. The monoisotopic (exact) mass is 291 g/mol. The van der Waals surface area contributed by atoms with Gasteiger partial charge in [0.15, 0.2) is 0 Å². The first-order valence-electron chi connectivity index (χ1n) is 6.29. The second kappa shape index (κ2) is 6.69. The number of methoxy groups -OCH3 is 2. The molecule has 1 aromatic heterocycles. The van der Waals surface area contributed by atoms with E-state index in [1.165, 1.54) is 11.0 Å². The van der Waals surface area contributed by atoms with Crippen LogP contribution in [-0.4, -0.2) is 52.3 Å². The minimum atomic E-state index is -0.0971. The van der Waals surface area contributed by atoms with Crippen LogP contribution in [0.3, 0.4) is 0 Å². The van der Waals surface area contributed by atoms with Crippen molar-refractivity contribution in [3.05, 3.63) is 30.1 Å². The number of carbonyl (C=O) groups excluding carboxylic acids is 1. The average Bonchev–Trinajstić information content (AvgIpc) is 3.00. The molecule has 21 heavy (non-hydrogen) atoms. The van der Waals surface area contributed by atoms with Crippen molar-refractivity contribution in [3.8, 4) is 11.5 Å². The van der Waals surface area contributed by atoms with Crippen LogP contribution in [0.1, 0.15) is 5.56 Å². The SMILES string of the molecule is COc1ccc(CN(C)C(=O)Cn2cnnn2)c(OC)c1. The van der Waals surface area contributed by atoms with E-state index in [-0.39, 0.29) is 12.5 Å². The van der Waals surface area contributed by atoms with Crippen LogP contribution in [0.25, 0.3) is 0 Å². The Kier molecular flexibility index (Phi) is 4.70. The summed E-state index contributed by atoms with van der Waals surface area (Å²) in [5.41, 5.74) is 0.894. The Balaban J connectivity index is 2.04. The topological polar surface area (TPSA) is 82.4 Å². The highest BCUT2D eigenvalue weighted by molar-refractivity contribution is 5.75. The summed E-state index contributed by atoms with van der Waals surface area (Å²) in [4.78, 5) is 13.7. The molecule has 0 spiro atoms. The zero-order valence-electron chi connectivity index (χ0n) is 12.2. The zero-order valence-corrected chi connectivity index (χ0v) is 12.2. The Hall–Kier alpha value is -2.64. The minimum Gasteiger partial charge on any atom is -0.497 e. The summed E-state index contributed by atoms with van der Waals surface area (Å²) in [5.74, 6) is 1.29. The van der Waals surface area contributed by atoms with Crippen molar-refractivity contribution in [2.45, 2.75) is 13.1 Å². The Labute approximate surface area is 122 Å². The molecule has 2 rings (SSSR count). The lowest BCUT2D eigenvalue weighted by molar-refractivity contribution is -0.131. The standard InChI is InChI=1S/C13H17N5O3/c1-17(13(19)8-18-9-14-15-16-18)7-10-4-5-11(20-2)6-12(10)21-3/h4-6,9H,7-8H2,1-3H3. The molecular formula is C13H17N5O3. The summed E-state index contributed by atoms with van der Waals surface area (Å²) >= 11 is 0. The predicted octanol–water partition coefficient (Wildman–Crippen LogP) is 0.349. The number of hydrogen-bond acceptors (Lipinski definition) is 6. The summed E-state index contributed by atoms with van der Waals surface area (Å²) < 4.78 is 11.8. The van der Waals surface area contributed by atoms with E-state index in [1.54, 1.807) is 32.2 Å². The van der Waals surface area contributed by atoms with Gasteiger partial charge in [-0.1, -0.05) is 0 Å². The van der Waals surface area contributed by atoms with Gasteiger partial charge in [-0.25, -0.2) is 4.68 Å². The molecule has 112 valence electrons. The molecule has 0 aliphatic heterocycles. The molecular weight excluding hydrogens is 274 g/mol. The van der Waals surface area contributed by atoms with E-state index < -0.39 is 0 Å². The largest absolute Gasteiger partial charge is 0.497 e. The van der Waals surface area contributed by atoms with Gasteiger partial charge in [-0.15, -0.1) is 5.10 Å². The number of rotatable bonds is 6. The number of amides is 1. The van der Waals surface area contributed by atoms with Crippen molar-refractivity contribution in [3.63, 3.8) is 0 Å².